The van der Waals surface area contributed by atoms with E-state index in [1.807, 2.05) is 0 Å². The van der Waals surface area contributed by atoms with Crippen LogP contribution in [0.4, 0.5) is 13.2 Å². The predicted molar refractivity (Wildman–Crippen MR) is 59.3 cm³/mol. The van der Waals surface area contributed by atoms with E-state index in [-0.39, 0.29) is 28.6 Å². The molecule has 102 valence electrons. The van der Waals surface area contributed by atoms with Gasteiger partial charge in [-0.2, -0.15) is 18.3 Å². The number of nitrogens with zero attached hydrogens (tertiary/aromatic N) is 2. The lowest BCUT2D eigenvalue weighted by atomic mass is 10.2. The Labute approximate surface area is 107 Å². The Bertz CT molecular complexity index is 579. The molecule has 2 rings (SSSR count). The van der Waals surface area contributed by atoms with E-state index in [4.69, 9.17) is 11.6 Å². The molecule has 4 nitrogen and oxygen atoms in total. The minimum absolute atomic E-state index is 0.0474. The lowest BCUT2D eigenvalue weighted by Gasteiger charge is -2.09. The van der Waals surface area contributed by atoms with E-state index >= 15 is 0 Å². The van der Waals surface area contributed by atoms with Gasteiger partial charge >= 0.3 is 6.18 Å². The van der Waals surface area contributed by atoms with Crippen molar-refractivity contribution < 1.29 is 21.6 Å². The summed E-state index contributed by atoms with van der Waals surface area (Å²) in [6, 6.07) is -0.614. The van der Waals surface area contributed by atoms with Crippen molar-refractivity contribution in [2.24, 2.45) is 0 Å². The van der Waals surface area contributed by atoms with Crippen LogP contribution in [0.15, 0.2) is 0 Å². The molecule has 2 heterocycles. The maximum absolute atomic E-state index is 12.6. The number of alkyl halides is 3. The Morgan fingerprint density at radius 1 is 1.44 bits per heavy atom. The molecule has 1 aliphatic rings. The zero-order valence-corrected chi connectivity index (χ0v) is 10.9. The number of halogens is 4. The third kappa shape index (κ3) is 2.35. The first-order valence-electron chi connectivity index (χ1n) is 5.14. The molecule has 0 aromatic carbocycles. The summed E-state index contributed by atoms with van der Waals surface area (Å²) in [4.78, 5) is 0. The quantitative estimate of drug-likeness (QED) is 0.799. The van der Waals surface area contributed by atoms with Crippen LogP contribution in [0, 0.1) is 6.92 Å². The SMILES string of the molecule is Cc1c(C(F)(F)F)nn(C2CCS(=O)(=O)C2)c1Cl. The number of hydrogen-bond acceptors (Lipinski definition) is 3. The van der Waals surface area contributed by atoms with Crippen molar-refractivity contribution in [2.45, 2.75) is 25.6 Å². The van der Waals surface area contributed by atoms with Gasteiger partial charge in [0.2, 0.25) is 0 Å². The van der Waals surface area contributed by atoms with Crippen LogP contribution in [0.1, 0.15) is 23.7 Å². The van der Waals surface area contributed by atoms with Crippen molar-refractivity contribution in [1.82, 2.24) is 9.78 Å². The standard InChI is InChI=1S/C9H10ClF3N2O2S/c1-5-7(9(11,12)13)14-15(8(5)10)6-2-3-18(16,17)4-6/h6H,2-4H2,1H3. The molecule has 1 saturated heterocycles. The number of sulfone groups is 1. The summed E-state index contributed by atoms with van der Waals surface area (Å²) in [5, 5.41) is 3.27. The molecule has 1 aromatic rings. The summed E-state index contributed by atoms with van der Waals surface area (Å²) in [5.74, 6) is -0.264. The molecule has 0 aliphatic carbocycles. The Kier molecular flexibility index (Phi) is 3.13. The van der Waals surface area contributed by atoms with E-state index in [0.29, 0.717) is 0 Å². The van der Waals surface area contributed by atoms with Crippen molar-refractivity contribution >= 4 is 21.4 Å². The van der Waals surface area contributed by atoms with Gasteiger partial charge < -0.3 is 0 Å². The molecule has 9 heteroatoms. The van der Waals surface area contributed by atoms with Crippen LogP contribution < -0.4 is 0 Å². The fourth-order valence-electron chi connectivity index (χ4n) is 1.98. The first kappa shape index (κ1) is 13.7. The van der Waals surface area contributed by atoms with E-state index in [9.17, 15) is 21.6 Å². The summed E-state index contributed by atoms with van der Waals surface area (Å²) in [6.07, 6.45) is -4.35. The molecule has 0 radical (unpaired) electrons. The highest BCUT2D eigenvalue weighted by Crippen LogP contribution is 2.36. The number of aromatic nitrogens is 2. The normalized spacial score (nSPS) is 23.5. The Balaban J connectivity index is 2.42. The van der Waals surface area contributed by atoms with Gasteiger partial charge in [-0.15, -0.1) is 0 Å². The van der Waals surface area contributed by atoms with Gasteiger partial charge in [-0.1, -0.05) is 11.6 Å². The second-order valence-electron chi connectivity index (χ2n) is 4.26. The molecular weight excluding hydrogens is 293 g/mol. The van der Waals surface area contributed by atoms with Crippen molar-refractivity contribution in [3.63, 3.8) is 0 Å². The first-order chi connectivity index (χ1) is 8.12. The molecule has 1 aromatic heterocycles. The summed E-state index contributed by atoms with van der Waals surface area (Å²) < 4.78 is 61.5. The third-order valence-electron chi connectivity index (χ3n) is 2.90. The maximum Gasteiger partial charge on any atom is 0.435 e. The molecule has 0 amide bonds. The fourth-order valence-corrected chi connectivity index (χ4v) is 3.93. The number of hydrogen-bond donors (Lipinski definition) is 0. The molecule has 0 spiro atoms. The van der Waals surface area contributed by atoms with Crippen molar-refractivity contribution in [3.05, 3.63) is 16.4 Å². The monoisotopic (exact) mass is 302 g/mol. The topological polar surface area (TPSA) is 52.0 Å². The largest absolute Gasteiger partial charge is 0.435 e. The third-order valence-corrected chi connectivity index (χ3v) is 5.10. The average Bonchev–Trinajstić information content (AvgIpc) is 2.69. The molecule has 0 saturated carbocycles. The van der Waals surface area contributed by atoms with Gasteiger partial charge in [-0.25, -0.2) is 13.1 Å². The summed E-state index contributed by atoms with van der Waals surface area (Å²) >= 11 is 5.80. The van der Waals surface area contributed by atoms with Crippen LogP contribution in [0.3, 0.4) is 0 Å². The molecule has 1 fully saturated rings. The van der Waals surface area contributed by atoms with Gasteiger partial charge in [-0.3, -0.25) is 0 Å². The predicted octanol–water partition coefficient (Wildman–Crippen LogP) is 2.22. The summed E-state index contributed by atoms with van der Waals surface area (Å²) in [5.41, 5.74) is -1.23. The van der Waals surface area contributed by atoms with Crippen molar-refractivity contribution in [1.29, 1.82) is 0 Å². The fraction of sp³-hybridized carbons (Fsp3) is 0.667. The first-order valence-corrected chi connectivity index (χ1v) is 7.34. The van der Waals surface area contributed by atoms with Crippen LogP contribution in [0.25, 0.3) is 0 Å². The van der Waals surface area contributed by atoms with Crippen LogP contribution in [0.2, 0.25) is 5.15 Å². The van der Waals surface area contributed by atoms with Gasteiger partial charge in [0.15, 0.2) is 15.5 Å². The maximum atomic E-state index is 12.6. The van der Waals surface area contributed by atoms with E-state index in [1.165, 1.54) is 6.92 Å². The second kappa shape index (κ2) is 4.12. The molecule has 18 heavy (non-hydrogen) atoms. The van der Waals surface area contributed by atoms with Crippen molar-refractivity contribution in [3.8, 4) is 0 Å². The Morgan fingerprint density at radius 2 is 2.06 bits per heavy atom. The van der Waals surface area contributed by atoms with E-state index in [0.717, 1.165) is 4.68 Å². The van der Waals surface area contributed by atoms with Gasteiger partial charge in [-0.05, 0) is 13.3 Å². The number of rotatable bonds is 1. The molecule has 1 aliphatic heterocycles. The van der Waals surface area contributed by atoms with Crippen LogP contribution in [-0.2, 0) is 16.0 Å². The zero-order chi connectivity index (χ0) is 13.7. The zero-order valence-electron chi connectivity index (χ0n) is 9.33. The molecule has 1 unspecified atom stereocenters. The Morgan fingerprint density at radius 3 is 2.44 bits per heavy atom. The van der Waals surface area contributed by atoms with Gasteiger partial charge in [0.05, 0.1) is 17.5 Å². The minimum atomic E-state index is -4.59. The minimum Gasteiger partial charge on any atom is -0.249 e. The highest BCUT2D eigenvalue weighted by Gasteiger charge is 2.40. The van der Waals surface area contributed by atoms with Gasteiger partial charge in [0.1, 0.15) is 5.15 Å². The molecule has 1 atom stereocenters. The average molecular weight is 303 g/mol. The smallest absolute Gasteiger partial charge is 0.249 e. The molecule has 0 bridgehead atoms. The molecular formula is C9H10ClF3N2O2S. The highest BCUT2D eigenvalue weighted by molar-refractivity contribution is 7.91. The lowest BCUT2D eigenvalue weighted by molar-refractivity contribution is -0.142. The van der Waals surface area contributed by atoms with Gasteiger partial charge in [0.25, 0.3) is 0 Å². The van der Waals surface area contributed by atoms with Gasteiger partial charge in [0, 0.05) is 5.56 Å². The van der Waals surface area contributed by atoms with Crippen LogP contribution >= 0.6 is 11.6 Å². The van der Waals surface area contributed by atoms with Crippen LogP contribution in [-0.4, -0.2) is 29.7 Å². The van der Waals surface area contributed by atoms with E-state index in [1.54, 1.807) is 0 Å². The summed E-state index contributed by atoms with van der Waals surface area (Å²) in [7, 11) is -3.20. The van der Waals surface area contributed by atoms with E-state index < -0.39 is 27.7 Å². The second-order valence-corrected chi connectivity index (χ2v) is 6.85. The summed E-state index contributed by atoms with van der Waals surface area (Å²) in [6.45, 7) is 1.22. The van der Waals surface area contributed by atoms with Crippen molar-refractivity contribution in [2.75, 3.05) is 11.5 Å². The van der Waals surface area contributed by atoms with E-state index in [2.05, 4.69) is 5.10 Å². The molecule has 0 N–H and O–H groups in total. The highest BCUT2D eigenvalue weighted by atomic mass is 35.5. The van der Waals surface area contributed by atoms with Crippen LogP contribution in [0.5, 0.6) is 0 Å². The lowest BCUT2D eigenvalue weighted by Crippen LogP contribution is -2.14. The Hall–Kier alpha value is -0.760.